The van der Waals surface area contributed by atoms with Gasteiger partial charge in [0.25, 0.3) is 5.91 Å². The monoisotopic (exact) mass is 382 g/mol. The second kappa shape index (κ2) is 8.82. The first kappa shape index (κ1) is 19.8. The third kappa shape index (κ3) is 4.13. The van der Waals surface area contributed by atoms with Gasteiger partial charge >= 0.3 is 0 Å². The van der Waals surface area contributed by atoms with E-state index in [2.05, 4.69) is 15.3 Å². The minimum absolute atomic E-state index is 0.107. The fourth-order valence-corrected chi connectivity index (χ4v) is 3.50. The number of nitrogens with zero attached hydrogens (tertiary/aromatic N) is 3. The number of methoxy groups -OCH3 is 1. The number of amides is 2. The predicted molar refractivity (Wildman–Crippen MR) is 106 cm³/mol. The van der Waals surface area contributed by atoms with Crippen molar-refractivity contribution in [3.8, 4) is 5.75 Å². The first-order valence-corrected chi connectivity index (χ1v) is 9.62. The standard InChI is InChI=1S/C21H26N4O3/c1-4-8-19(26)25-12-7-10-17(25)20-22-13-15(14(2)23-20)21(27)24-16-9-5-6-11-18(16)28-3/h5-6,9,11,13,17H,4,7-8,10,12H2,1-3H3,(H,24,27). The summed E-state index contributed by atoms with van der Waals surface area (Å²) in [5.41, 5.74) is 1.58. The average molecular weight is 382 g/mol. The van der Waals surface area contributed by atoms with Gasteiger partial charge in [0.1, 0.15) is 5.75 Å². The van der Waals surface area contributed by atoms with Gasteiger partial charge in [0, 0.05) is 19.2 Å². The molecule has 1 fully saturated rings. The zero-order valence-corrected chi connectivity index (χ0v) is 16.6. The maximum Gasteiger partial charge on any atom is 0.259 e. The summed E-state index contributed by atoms with van der Waals surface area (Å²) in [5, 5.41) is 2.84. The van der Waals surface area contributed by atoms with Gasteiger partial charge in [0.05, 0.1) is 30.1 Å². The van der Waals surface area contributed by atoms with E-state index in [4.69, 9.17) is 4.74 Å². The fraction of sp³-hybridized carbons (Fsp3) is 0.429. The number of carbonyl (C=O) groups excluding carboxylic acids is 2. The Hall–Kier alpha value is -2.96. The van der Waals surface area contributed by atoms with E-state index >= 15 is 0 Å². The second-order valence-electron chi connectivity index (χ2n) is 6.88. The summed E-state index contributed by atoms with van der Waals surface area (Å²) < 4.78 is 5.27. The summed E-state index contributed by atoms with van der Waals surface area (Å²) in [6.07, 6.45) is 4.70. The molecule has 0 aliphatic carbocycles. The van der Waals surface area contributed by atoms with Crippen LogP contribution in [0.15, 0.2) is 30.5 Å². The molecule has 3 rings (SSSR count). The molecule has 0 bridgehead atoms. The van der Waals surface area contributed by atoms with E-state index in [0.29, 0.717) is 34.9 Å². The fourth-order valence-electron chi connectivity index (χ4n) is 3.50. The first-order chi connectivity index (χ1) is 13.5. The number of aromatic nitrogens is 2. The summed E-state index contributed by atoms with van der Waals surface area (Å²) >= 11 is 0. The van der Waals surface area contributed by atoms with Gasteiger partial charge in [-0.05, 0) is 38.3 Å². The molecular formula is C21H26N4O3. The van der Waals surface area contributed by atoms with Crippen molar-refractivity contribution in [2.75, 3.05) is 19.0 Å². The van der Waals surface area contributed by atoms with Crippen molar-refractivity contribution in [3.63, 3.8) is 0 Å². The zero-order chi connectivity index (χ0) is 20.1. The van der Waals surface area contributed by atoms with Crippen molar-refractivity contribution in [1.29, 1.82) is 0 Å². The van der Waals surface area contributed by atoms with Crippen LogP contribution in [-0.2, 0) is 4.79 Å². The van der Waals surface area contributed by atoms with Crippen LogP contribution in [0.1, 0.15) is 60.5 Å². The number of hydrogen-bond donors (Lipinski definition) is 1. The molecule has 0 saturated carbocycles. The van der Waals surface area contributed by atoms with Crippen LogP contribution >= 0.6 is 0 Å². The van der Waals surface area contributed by atoms with Crippen LogP contribution in [0.25, 0.3) is 0 Å². The Bertz CT molecular complexity index is 868. The number of benzene rings is 1. The summed E-state index contributed by atoms with van der Waals surface area (Å²) in [4.78, 5) is 35.9. The van der Waals surface area contributed by atoms with E-state index in [9.17, 15) is 9.59 Å². The molecule has 7 heteroatoms. The van der Waals surface area contributed by atoms with Crippen LogP contribution in [0, 0.1) is 6.92 Å². The van der Waals surface area contributed by atoms with Crippen molar-refractivity contribution < 1.29 is 14.3 Å². The van der Waals surface area contributed by atoms with Crippen LogP contribution in [-0.4, -0.2) is 40.3 Å². The highest BCUT2D eigenvalue weighted by Gasteiger charge is 2.31. The quantitative estimate of drug-likeness (QED) is 0.826. The maximum atomic E-state index is 12.7. The number of aryl methyl sites for hydroxylation is 1. The average Bonchev–Trinajstić information content (AvgIpc) is 3.18. The van der Waals surface area contributed by atoms with Crippen LogP contribution in [0.3, 0.4) is 0 Å². The molecule has 1 atom stereocenters. The molecule has 1 unspecified atom stereocenters. The minimum Gasteiger partial charge on any atom is -0.495 e. The van der Waals surface area contributed by atoms with Gasteiger partial charge in [-0.15, -0.1) is 0 Å². The Kier molecular flexibility index (Phi) is 6.23. The van der Waals surface area contributed by atoms with Gasteiger partial charge in [0.15, 0.2) is 5.82 Å². The molecule has 148 valence electrons. The predicted octanol–water partition coefficient (Wildman–Crippen LogP) is 3.51. The van der Waals surface area contributed by atoms with E-state index in [1.807, 2.05) is 24.0 Å². The highest BCUT2D eigenvalue weighted by atomic mass is 16.5. The van der Waals surface area contributed by atoms with Crippen LogP contribution in [0.2, 0.25) is 0 Å². The van der Waals surface area contributed by atoms with Crippen LogP contribution in [0.5, 0.6) is 5.75 Å². The largest absolute Gasteiger partial charge is 0.495 e. The molecule has 0 spiro atoms. The molecule has 1 aromatic heterocycles. The molecule has 1 saturated heterocycles. The van der Waals surface area contributed by atoms with Crippen molar-refractivity contribution >= 4 is 17.5 Å². The smallest absolute Gasteiger partial charge is 0.259 e. The molecule has 2 amide bonds. The Balaban J connectivity index is 1.78. The Morgan fingerprint density at radius 1 is 1.32 bits per heavy atom. The Labute approximate surface area is 165 Å². The lowest BCUT2D eigenvalue weighted by Crippen LogP contribution is -2.31. The lowest BCUT2D eigenvalue weighted by Gasteiger charge is -2.24. The first-order valence-electron chi connectivity index (χ1n) is 9.62. The Morgan fingerprint density at radius 3 is 2.82 bits per heavy atom. The molecule has 2 aromatic rings. The zero-order valence-electron chi connectivity index (χ0n) is 16.6. The van der Waals surface area contributed by atoms with Gasteiger partial charge in [-0.25, -0.2) is 9.97 Å². The highest BCUT2D eigenvalue weighted by Crippen LogP contribution is 2.31. The topological polar surface area (TPSA) is 84.4 Å². The molecule has 2 heterocycles. The van der Waals surface area contributed by atoms with Crippen molar-refractivity contribution in [2.24, 2.45) is 0 Å². The molecule has 1 aromatic carbocycles. The number of para-hydroxylation sites is 2. The van der Waals surface area contributed by atoms with Crippen molar-refractivity contribution in [2.45, 2.75) is 45.6 Å². The van der Waals surface area contributed by atoms with E-state index in [1.165, 1.54) is 0 Å². The van der Waals surface area contributed by atoms with E-state index in [1.54, 1.807) is 32.4 Å². The lowest BCUT2D eigenvalue weighted by atomic mass is 10.1. The molecule has 28 heavy (non-hydrogen) atoms. The minimum atomic E-state index is -0.293. The highest BCUT2D eigenvalue weighted by molar-refractivity contribution is 6.05. The van der Waals surface area contributed by atoms with E-state index in [0.717, 1.165) is 25.8 Å². The van der Waals surface area contributed by atoms with Gasteiger partial charge < -0.3 is 15.0 Å². The van der Waals surface area contributed by atoms with Crippen molar-refractivity contribution in [3.05, 3.63) is 47.5 Å². The summed E-state index contributed by atoms with van der Waals surface area (Å²) in [7, 11) is 1.56. The van der Waals surface area contributed by atoms with Gasteiger partial charge in [-0.1, -0.05) is 19.1 Å². The molecule has 1 aliphatic heterocycles. The Morgan fingerprint density at radius 2 is 2.11 bits per heavy atom. The SMILES string of the molecule is CCCC(=O)N1CCCC1c1ncc(C(=O)Nc2ccccc2OC)c(C)n1. The van der Waals surface area contributed by atoms with Gasteiger partial charge in [-0.3, -0.25) is 9.59 Å². The number of ether oxygens (including phenoxy) is 1. The lowest BCUT2D eigenvalue weighted by molar-refractivity contribution is -0.132. The summed E-state index contributed by atoms with van der Waals surface area (Å²) in [6, 6.07) is 7.11. The van der Waals surface area contributed by atoms with Gasteiger partial charge in [-0.2, -0.15) is 0 Å². The number of carbonyl (C=O) groups is 2. The molecular weight excluding hydrogens is 356 g/mol. The third-order valence-corrected chi connectivity index (χ3v) is 4.93. The molecule has 1 aliphatic rings. The summed E-state index contributed by atoms with van der Waals surface area (Å²) in [6.45, 7) is 4.52. The maximum absolute atomic E-state index is 12.7. The summed E-state index contributed by atoms with van der Waals surface area (Å²) in [5.74, 6) is 1.04. The number of rotatable bonds is 6. The number of likely N-dealkylation sites (tertiary alicyclic amines) is 1. The van der Waals surface area contributed by atoms with Crippen LogP contribution in [0.4, 0.5) is 5.69 Å². The molecule has 1 N–H and O–H groups in total. The van der Waals surface area contributed by atoms with E-state index in [-0.39, 0.29) is 17.9 Å². The number of anilines is 1. The van der Waals surface area contributed by atoms with E-state index < -0.39 is 0 Å². The van der Waals surface area contributed by atoms with Crippen LogP contribution < -0.4 is 10.1 Å². The van der Waals surface area contributed by atoms with Gasteiger partial charge in [0.2, 0.25) is 5.91 Å². The third-order valence-electron chi connectivity index (χ3n) is 4.93. The molecule has 7 nitrogen and oxygen atoms in total. The second-order valence-corrected chi connectivity index (χ2v) is 6.88. The number of hydrogen-bond acceptors (Lipinski definition) is 5. The normalized spacial score (nSPS) is 16.1. The molecule has 0 radical (unpaired) electrons. The van der Waals surface area contributed by atoms with Crippen molar-refractivity contribution in [1.82, 2.24) is 14.9 Å². The number of nitrogens with one attached hydrogen (secondary N) is 1.